The SMILES string of the molecule is CC(C)(C)CC(CNc1ccc(Br)cc1C#N)C(=O)O. The Morgan fingerprint density at radius 1 is 1.50 bits per heavy atom. The van der Waals surface area contributed by atoms with E-state index in [1.54, 1.807) is 12.1 Å². The summed E-state index contributed by atoms with van der Waals surface area (Å²) >= 11 is 3.31. The van der Waals surface area contributed by atoms with Crippen LogP contribution in [0.5, 0.6) is 0 Å². The first-order valence-corrected chi connectivity index (χ1v) is 7.18. The Bertz CT molecular complexity index is 530. The van der Waals surface area contributed by atoms with Crippen molar-refractivity contribution < 1.29 is 9.90 Å². The fourth-order valence-corrected chi connectivity index (χ4v) is 2.34. The van der Waals surface area contributed by atoms with Crippen molar-refractivity contribution in [3.63, 3.8) is 0 Å². The van der Waals surface area contributed by atoms with E-state index >= 15 is 0 Å². The van der Waals surface area contributed by atoms with Crippen molar-refractivity contribution in [3.05, 3.63) is 28.2 Å². The highest BCUT2D eigenvalue weighted by Crippen LogP contribution is 2.26. The molecule has 0 heterocycles. The van der Waals surface area contributed by atoms with Crippen molar-refractivity contribution in [2.45, 2.75) is 27.2 Å². The van der Waals surface area contributed by atoms with E-state index < -0.39 is 11.9 Å². The summed E-state index contributed by atoms with van der Waals surface area (Å²) in [7, 11) is 0. The maximum Gasteiger partial charge on any atom is 0.308 e. The third kappa shape index (κ3) is 5.22. The van der Waals surface area contributed by atoms with Gasteiger partial charge in [-0.1, -0.05) is 36.7 Å². The number of hydrogen-bond acceptors (Lipinski definition) is 3. The number of carbonyl (C=O) groups is 1. The molecule has 5 heteroatoms. The normalized spacial score (nSPS) is 12.6. The molecule has 1 unspecified atom stereocenters. The average molecular weight is 339 g/mol. The van der Waals surface area contributed by atoms with Gasteiger partial charge < -0.3 is 10.4 Å². The van der Waals surface area contributed by atoms with Gasteiger partial charge in [0, 0.05) is 11.0 Å². The highest BCUT2D eigenvalue weighted by atomic mass is 79.9. The van der Waals surface area contributed by atoms with Crippen LogP contribution in [0.3, 0.4) is 0 Å². The molecule has 0 aliphatic heterocycles. The lowest BCUT2D eigenvalue weighted by atomic mass is 9.84. The van der Waals surface area contributed by atoms with E-state index in [1.807, 2.05) is 26.8 Å². The van der Waals surface area contributed by atoms with Crippen molar-refractivity contribution in [3.8, 4) is 6.07 Å². The Morgan fingerprint density at radius 3 is 2.65 bits per heavy atom. The van der Waals surface area contributed by atoms with Gasteiger partial charge in [-0.3, -0.25) is 4.79 Å². The Hall–Kier alpha value is -1.54. The second kappa shape index (κ2) is 6.76. The maximum atomic E-state index is 11.3. The van der Waals surface area contributed by atoms with Crippen molar-refractivity contribution in [1.82, 2.24) is 0 Å². The predicted octanol–water partition coefficient (Wildman–Crippen LogP) is 3.87. The molecule has 0 saturated carbocycles. The molecule has 20 heavy (non-hydrogen) atoms. The van der Waals surface area contributed by atoms with Crippen molar-refractivity contribution in [1.29, 1.82) is 5.26 Å². The minimum Gasteiger partial charge on any atom is -0.481 e. The molecular weight excluding hydrogens is 320 g/mol. The third-order valence-corrected chi connectivity index (χ3v) is 3.34. The Kier molecular flexibility index (Phi) is 5.58. The quantitative estimate of drug-likeness (QED) is 0.854. The summed E-state index contributed by atoms with van der Waals surface area (Å²) < 4.78 is 0.823. The predicted molar refractivity (Wildman–Crippen MR) is 82.5 cm³/mol. The molecule has 1 atom stereocenters. The fourth-order valence-electron chi connectivity index (χ4n) is 1.98. The second-order valence-electron chi connectivity index (χ2n) is 5.98. The molecule has 4 nitrogen and oxygen atoms in total. The topological polar surface area (TPSA) is 73.1 Å². The summed E-state index contributed by atoms with van der Waals surface area (Å²) in [5.74, 6) is -1.30. The molecule has 0 saturated heterocycles. The van der Waals surface area contributed by atoms with Crippen LogP contribution in [0.1, 0.15) is 32.8 Å². The number of nitriles is 1. The van der Waals surface area contributed by atoms with Gasteiger partial charge in [0.2, 0.25) is 0 Å². The highest BCUT2D eigenvalue weighted by molar-refractivity contribution is 9.10. The molecule has 0 radical (unpaired) electrons. The van der Waals surface area contributed by atoms with Gasteiger partial charge in [0.1, 0.15) is 6.07 Å². The Labute approximate surface area is 127 Å². The zero-order valence-electron chi connectivity index (χ0n) is 11.9. The van der Waals surface area contributed by atoms with E-state index in [1.165, 1.54) is 0 Å². The van der Waals surface area contributed by atoms with Gasteiger partial charge in [-0.2, -0.15) is 5.26 Å². The standard InChI is InChI=1S/C15H19BrN2O2/c1-15(2,3)7-11(14(19)20)9-18-13-5-4-12(16)6-10(13)8-17/h4-6,11,18H,7,9H2,1-3H3,(H,19,20). The number of aliphatic carboxylic acids is 1. The van der Waals surface area contributed by atoms with E-state index in [-0.39, 0.29) is 5.41 Å². The number of halogens is 1. The van der Waals surface area contributed by atoms with Gasteiger partial charge in [-0.25, -0.2) is 0 Å². The van der Waals surface area contributed by atoms with Crippen LogP contribution >= 0.6 is 15.9 Å². The zero-order chi connectivity index (χ0) is 15.3. The van der Waals surface area contributed by atoms with Gasteiger partial charge in [0.15, 0.2) is 0 Å². The van der Waals surface area contributed by atoms with Crippen LogP contribution in [0.2, 0.25) is 0 Å². The second-order valence-corrected chi connectivity index (χ2v) is 6.90. The average Bonchev–Trinajstić information content (AvgIpc) is 2.33. The number of carboxylic acid groups (broad SMARTS) is 1. The number of nitrogens with zero attached hydrogens (tertiary/aromatic N) is 1. The smallest absolute Gasteiger partial charge is 0.308 e. The maximum absolute atomic E-state index is 11.3. The number of nitrogens with one attached hydrogen (secondary N) is 1. The molecule has 0 aliphatic carbocycles. The van der Waals surface area contributed by atoms with E-state index in [2.05, 4.69) is 27.3 Å². The Balaban J connectivity index is 2.78. The first-order chi connectivity index (χ1) is 9.23. The molecule has 0 amide bonds. The minimum absolute atomic E-state index is 0.0531. The fraction of sp³-hybridized carbons (Fsp3) is 0.467. The molecule has 0 aromatic heterocycles. The third-order valence-electron chi connectivity index (χ3n) is 2.85. The van der Waals surface area contributed by atoms with Crippen LogP contribution in [0.25, 0.3) is 0 Å². The van der Waals surface area contributed by atoms with Crippen molar-refractivity contribution in [2.24, 2.45) is 11.3 Å². The van der Waals surface area contributed by atoms with Crippen molar-refractivity contribution >= 4 is 27.6 Å². The highest BCUT2D eigenvalue weighted by Gasteiger charge is 2.24. The van der Waals surface area contributed by atoms with Crippen LogP contribution in [-0.2, 0) is 4.79 Å². The summed E-state index contributed by atoms with van der Waals surface area (Å²) in [6.07, 6.45) is 0.577. The molecule has 0 aliphatic rings. The molecule has 1 aromatic carbocycles. The van der Waals surface area contributed by atoms with E-state index in [0.717, 1.165) is 4.47 Å². The largest absolute Gasteiger partial charge is 0.481 e. The lowest BCUT2D eigenvalue weighted by Crippen LogP contribution is -2.27. The summed E-state index contributed by atoms with van der Waals surface area (Å²) in [6.45, 7) is 6.36. The number of carboxylic acids is 1. The van der Waals surface area contributed by atoms with Crippen LogP contribution in [0.15, 0.2) is 22.7 Å². The first-order valence-electron chi connectivity index (χ1n) is 6.39. The van der Waals surface area contributed by atoms with E-state index in [4.69, 9.17) is 5.26 Å². The van der Waals surface area contributed by atoms with Gasteiger partial charge >= 0.3 is 5.97 Å². The van der Waals surface area contributed by atoms with Crippen molar-refractivity contribution in [2.75, 3.05) is 11.9 Å². The molecule has 108 valence electrons. The monoisotopic (exact) mass is 338 g/mol. The molecule has 1 rings (SSSR count). The summed E-state index contributed by atoms with van der Waals surface area (Å²) in [5, 5.41) is 21.4. The van der Waals surface area contributed by atoms with Crippen LogP contribution < -0.4 is 5.32 Å². The summed E-state index contributed by atoms with van der Waals surface area (Å²) in [6, 6.07) is 7.41. The molecule has 1 aromatic rings. The van der Waals surface area contributed by atoms with Crippen LogP contribution in [0, 0.1) is 22.7 Å². The summed E-state index contributed by atoms with van der Waals surface area (Å²) in [5.41, 5.74) is 1.11. The lowest BCUT2D eigenvalue weighted by molar-refractivity contribution is -0.142. The van der Waals surface area contributed by atoms with Crippen LogP contribution in [0.4, 0.5) is 5.69 Å². The van der Waals surface area contributed by atoms with E-state index in [9.17, 15) is 9.90 Å². The number of hydrogen-bond donors (Lipinski definition) is 2. The van der Waals surface area contributed by atoms with Gasteiger partial charge in [0.05, 0.1) is 17.2 Å². The van der Waals surface area contributed by atoms with Gasteiger partial charge in [-0.05, 0) is 30.0 Å². The van der Waals surface area contributed by atoms with Gasteiger partial charge in [-0.15, -0.1) is 0 Å². The zero-order valence-corrected chi connectivity index (χ0v) is 13.5. The summed E-state index contributed by atoms with van der Waals surface area (Å²) in [4.78, 5) is 11.3. The molecular formula is C15H19BrN2O2. The molecule has 0 spiro atoms. The van der Waals surface area contributed by atoms with E-state index in [0.29, 0.717) is 24.2 Å². The number of anilines is 1. The molecule has 0 fully saturated rings. The lowest BCUT2D eigenvalue weighted by Gasteiger charge is -2.24. The van der Waals surface area contributed by atoms with Crippen LogP contribution in [-0.4, -0.2) is 17.6 Å². The Morgan fingerprint density at radius 2 is 2.15 bits per heavy atom. The number of rotatable bonds is 5. The first kappa shape index (κ1) is 16.5. The van der Waals surface area contributed by atoms with Gasteiger partial charge in [0.25, 0.3) is 0 Å². The number of benzene rings is 1. The minimum atomic E-state index is -0.817. The molecule has 0 bridgehead atoms. The molecule has 2 N–H and O–H groups in total.